The van der Waals surface area contributed by atoms with Crippen molar-refractivity contribution < 1.29 is 0 Å². The molecule has 1 saturated carbocycles. The predicted octanol–water partition coefficient (Wildman–Crippen LogP) is 3.87. The number of fused-ring (bicyclic) bond motifs is 1. The maximum absolute atomic E-state index is 13.1. The molecule has 9 heteroatoms. The molecule has 3 aromatic rings. The number of aromatic nitrogens is 4. The second kappa shape index (κ2) is 8.78. The van der Waals surface area contributed by atoms with Gasteiger partial charge in [0, 0.05) is 43.8 Å². The summed E-state index contributed by atoms with van der Waals surface area (Å²) in [5, 5.41) is 4.11. The number of pyridine rings is 2. The molecule has 1 aliphatic heterocycles. The molecule has 1 saturated heterocycles. The third-order valence-corrected chi connectivity index (χ3v) is 7.62. The van der Waals surface area contributed by atoms with E-state index in [-0.39, 0.29) is 11.6 Å². The van der Waals surface area contributed by atoms with Gasteiger partial charge < -0.3 is 15.1 Å². The SMILES string of the molecule is Cc1c(Br)c(=O)n(C2CCCC2)c2nc(Nc3ccc(N4CCN(C)CC4)cn3)ncc12. The number of likely N-dealkylation sites (N-methyl/N-ethyl adjacent to an activating group) is 1. The molecule has 0 amide bonds. The van der Waals surface area contributed by atoms with Crippen LogP contribution in [0, 0.1) is 6.92 Å². The highest BCUT2D eigenvalue weighted by molar-refractivity contribution is 9.10. The van der Waals surface area contributed by atoms with Gasteiger partial charge in [-0.1, -0.05) is 12.8 Å². The van der Waals surface area contributed by atoms with E-state index in [0.717, 1.165) is 68.5 Å². The molecule has 4 heterocycles. The van der Waals surface area contributed by atoms with Crippen molar-refractivity contribution in [3.63, 3.8) is 0 Å². The van der Waals surface area contributed by atoms with Crippen molar-refractivity contribution in [3.8, 4) is 0 Å². The van der Waals surface area contributed by atoms with Crippen LogP contribution in [0.4, 0.5) is 17.5 Å². The number of rotatable bonds is 4. The van der Waals surface area contributed by atoms with Crippen molar-refractivity contribution in [1.29, 1.82) is 0 Å². The topological polar surface area (TPSA) is 79.2 Å². The normalized spacial score (nSPS) is 17.9. The molecule has 168 valence electrons. The number of nitrogens with one attached hydrogen (secondary N) is 1. The van der Waals surface area contributed by atoms with Gasteiger partial charge in [0.15, 0.2) is 0 Å². The smallest absolute Gasteiger partial charge is 0.267 e. The zero-order valence-electron chi connectivity index (χ0n) is 18.5. The molecule has 5 rings (SSSR count). The van der Waals surface area contributed by atoms with Crippen LogP contribution in [0.15, 0.2) is 33.8 Å². The number of hydrogen-bond donors (Lipinski definition) is 1. The lowest BCUT2D eigenvalue weighted by molar-refractivity contribution is 0.313. The minimum Gasteiger partial charge on any atom is -0.368 e. The lowest BCUT2D eigenvalue weighted by Gasteiger charge is -2.33. The molecule has 32 heavy (non-hydrogen) atoms. The molecule has 3 aromatic heterocycles. The number of hydrogen-bond acceptors (Lipinski definition) is 7. The van der Waals surface area contributed by atoms with E-state index >= 15 is 0 Å². The van der Waals surface area contributed by atoms with Crippen LogP contribution < -0.4 is 15.8 Å². The van der Waals surface area contributed by atoms with E-state index in [1.165, 1.54) is 0 Å². The molecule has 0 atom stereocenters. The third-order valence-electron chi connectivity index (χ3n) is 6.68. The molecular formula is C23H28BrN7O. The van der Waals surface area contributed by atoms with Gasteiger partial charge in [0.25, 0.3) is 5.56 Å². The van der Waals surface area contributed by atoms with Crippen molar-refractivity contribution in [2.45, 2.75) is 38.6 Å². The Balaban J connectivity index is 1.44. The van der Waals surface area contributed by atoms with Gasteiger partial charge in [0.2, 0.25) is 5.95 Å². The first-order valence-corrected chi connectivity index (χ1v) is 12.0. The number of halogens is 1. The van der Waals surface area contributed by atoms with Crippen LogP contribution in [0.1, 0.15) is 37.3 Å². The van der Waals surface area contributed by atoms with E-state index in [4.69, 9.17) is 4.98 Å². The quantitative estimate of drug-likeness (QED) is 0.585. The molecule has 8 nitrogen and oxygen atoms in total. The number of piperazine rings is 1. The summed E-state index contributed by atoms with van der Waals surface area (Å²) in [5.74, 6) is 1.14. The summed E-state index contributed by atoms with van der Waals surface area (Å²) in [7, 11) is 2.15. The molecule has 1 N–H and O–H groups in total. The molecule has 0 radical (unpaired) electrons. The maximum atomic E-state index is 13.1. The van der Waals surface area contributed by atoms with E-state index in [0.29, 0.717) is 21.9 Å². The van der Waals surface area contributed by atoms with Crippen LogP contribution >= 0.6 is 15.9 Å². The standard InChI is InChI=1S/C23H28BrN7O/c1-15-18-14-26-23(28-21(18)31(22(32)20(15)24)16-5-3-4-6-16)27-19-8-7-17(13-25-19)30-11-9-29(2)10-12-30/h7-8,13-14,16H,3-6,9-12H2,1-2H3,(H,25,26,27,28). The molecule has 2 aliphatic rings. The molecule has 0 bridgehead atoms. The monoisotopic (exact) mass is 497 g/mol. The highest BCUT2D eigenvalue weighted by Crippen LogP contribution is 2.32. The Morgan fingerprint density at radius 3 is 2.50 bits per heavy atom. The second-order valence-corrected chi connectivity index (χ2v) is 9.59. The molecule has 0 aromatic carbocycles. The molecule has 2 fully saturated rings. The van der Waals surface area contributed by atoms with E-state index in [1.54, 1.807) is 6.20 Å². The minimum absolute atomic E-state index is 0.0128. The van der Waals surface area contributed by atoms with E-state index in [2.05, 4.69) is 54.1 Å². The van der Waals surface area contributed by atoms with E-state index in [1.807, 2.05) is 23.8 Å². The summed E-state index contributed by atoms with van der Waals surface area (Å²) >= 11 is 3.49. The van der Waals surface area contributed by atoms with Gasteiger partial charge in [-0.3, -0.25) is 9.36 Å². The zero-order chi connectivity index (χ0) is 22.2. The summed E-state index contributed by atoms with van der Waals surface area (Å²) in [6.45, 7) is 6.06. The lowest BCUT2D eigenvalue weighted by atomic mass is 10.1. The Bertz CT molecular complexity index is 1180. The van der Waals surface area contributed by atoms with E-state index in [9.17, 15) is 4.79 Å². The lowest BCUT2D eigenvalue weighted by Crippen LogP contribution is -2.44. The third kappa shape index (κ3) is 3.99. The van der Waals surface area contributed by atoms with Gasteiger partial charge in [-0.2, -0.15) is 4.98 Å². The second-order valence-electron chi connectivity index (χ2n) is 8.80. The van der Waals surface area contributed by atoms with Crippen LogP contribution in [0.5, 0.6) is 0 Å². The Kier molecular flexibility index (Phi) is 5.86. The van der Waals surface area contributed by atoms with Gasteiger partial charge in [0.05, 0.1) is 16.4 Å². The zero-order valence-corrected chi connectivity index (χ0v) is 20.1. The fourth-order valence-corrected chi connectivity index (χ4v) is 5.09. The number of aryl methyl sites for hydroxylation is 1. The van der Waals surface area contributed by atoms with Crippen molar-refractivity contribution >= 4 is 44.4 Å². The average Bonchev–Trinajstić information content (AvgIpc) is 3.33. The Morgan fingerprint density at radius 1 is 1.06 bits per heavy atom. The van der Waals surface area contributed by atoms with Gasteiger partial charge in [-0.25, -0.2) is 9.97 Å². The average molecular weight is 498 g/mol. The summed E-state index contributed by atoms with van der Waals surface area (Å²) in [5.41, 5.74) is 2.68. The fourth-order valence-electron chi connectivity index (χ4n) is 4.69. The van der Waals surface area contributed by atoms with Crippen molar-refractivity contribution in [2.24, 2.45) is 0 Å². The minimum atomic E-state index is -0.0128. The number of nitrogens with zero attached hydrogens (tertiary/aromatic N) is 6. The van der Waals surface area contributed by atoms with Crippen LogP contribution in [0.25, 0.3) is 11.0 Å². The summed E-state index contributed by atoms with van der Waals surface area (Å²) < 4.78 is 2.46. The predicted molar refractivity (Wildman–Crippen MR) is 131 cm³/mol. The van der Waals surface area contributed by atoms with Gasteiger partial charge >= 0.3 is 0 Å². The molecule has 0 spiro atoms. The number of anilines is 3. The highest BCUT2D eigenvalue weighted by Gasteiger charge is 2.24. The van der Waals surface area contributed by atoms with Crippen LogP contribution in [-0.2, 0) is 0 Å². The van der Waals surface area contributed by atoms with Gasteiger partial charge in [0.1, 0.15) is 11.5 Å². The Morgan fingerprint density at radius 2 is 1.81 bits per heavy atom. The summed E-state index contributed by atoms with van der Waals surface area (Å²) in [4.78, 5) is 31.6. The fraction of sp³-hybridized carbons (Fsp3) is 0.478. The van der Waals surface area contributed by atoms with Gasteiger partial charge in [-0.15, -0.1) is 0 Å². The first kappa shape index (κ1) is 21.3. The van der Waals surface area contributed by atoms with Crippen LogP contribution in [-0.4, -0.2) is 57.6 Å². The van der Waals surface area contributed by atoms with Gasteiger partial charge in [-0.05, 0) is 60.4 Å². The van der Waals surface area contributed by atoms with Crippen molar-refractivity contribution in [1.82, 2.24) is 24.4 Å². The molecule has 0 unspecified atom stereocenters. The maximum Gasteiger partial charge on any atom is 0.267 e. The van der Waals surface area contributed by atoms with Crippen LogP contribution in [0.3, 0.4) is 0 Å². The Labute approximate surface area is 195 Å². The summed E-state index contributed by atoms with van der Waals surface area (Å²) in [6, 6.07) is 4.22. The van der Waals surface area contributed by atoms with Crippen molar-refractivity contribution in [2.75, 3.05) is 43.4 Å². The highest BCUT2D eigenvalue weighted by atomic mass is 79.9. The molecular weight excluding hydrogens is 470 g/mol. The van der Waals surface area contributed by atoms with Crippen molar-refractivity contribution in [3.05, 3.63) is 44.9 Å². The largest absolute Gasteiger partial charge is 0.368 e. The summed E-state index contributed by atoms with van der Waals surface area (Å²) in [6.07, 6.45) is 7.99. The van der Waals surface area contributed by atoms with Crippen LogP contribution in [0.2, 0.25) is 0 Å². The molecule has 1 aliphatic carbocycles. The van der Waals surface area contributed by atoms with E-state index < -0.39 is 0 Å². The Hall–Kier alpha value is -2.52. The first-order chi connectivity index (χ1) is 15.5. The first-order valence-electron chi connectivity index (χ1n) is 11.2.